The topological polar surface area (TPSA) is 0 Å². The van der Waals surface area contributed by atoms with E-state index in [0.29, 0.717) is 0 Å². The first-order valence-electron chi connectivity index (χ1n) is 3.86. The zero-order valence-electron chi connectivity index (χ0n) is 6.91. The van der Waals surface area contributed by atoms with Crippen LogP contribution >= 0.6 is 23.1 Å². The van der Waals surface area contributed by atoms with Crippen molar-refractivity contribution >= 4 is 33.2 Å². The second-order valence-corrected chi connectivity index (χ2v) is 4.47. The molecule has 0 atom stereocenters. The summed E-state index contributed by atoms with van der Waals surface area (Å²) in [7, 11) is 0. The normalized spacial score (nSPS) is 10.8. The number of rotatable bonds is 2. The van der Waals surface area contributed by atoms with Crippen LogP contribution in [0.4, 0.5) is 0 Å². The van der Waals surface area contributed by atoms with Crippen molar-refractivity contribution in [2.45, 2.75) is 5.75 Å². The fraction of sp³-hybridized carbons (Fsp3) is 0.200. The van der Waals surface area contributed by atoms with E-state index in [1.165, 1.54) is 15.6 Å². The minimum atomic E-state index is 1.12. The van der Waals surface area contributed by atoms with Crippen molar-refractivity contribution in [1.82, 2.24) is 0 Å². The van der Waals surface area contributed by atoms with Crippen LogP contribution in [-0.4, -0.2) is 6.26 Å². The van der Waals surface area contributed by atoms with Gasteiger partial charge in [-0.05, 0) is 28.7 Å². The molecule has 0 amide bonds. The average molecular weight is 194 g/mol. The summed E-state index contributed by atoms with van der Waals surface area (Å²) in [6.07, 6.45) is 2.15. The summed E-state index contributed by atoms with van der Waals surface area (Å²) in [5.41, 5.74) is 1.47. The highest BCUT2D eigenvalue weighted by Gasteiger charge is 1.99. The van der Waals surface area contributed by atoms with Gasteiger partial charge in [0.2, 0.25) is 0 Å². The van der Waals surface area contributed by atoms with Gasteiger partial charge in [0.15, 0.2) is 0 Å². The van der Waals surface area contributed by atoms with E-state index >= 15 is 0 Å². The maximum atomic E-state index is 2.22. The fourth-order valence-electron chi connectivity index (χ4n) is 1.32. The number of thiophene rings is 1. The molecule has 0 bridgehead atoms. The largest absolute Gasteiger partial charge is 0.161 e. The van der Waals surface area contributed by atoms with Gasteiger partial charge < -0.3 is 0 Å². The van der Waals surface area contributed by atoms with Crippen LogP contribution in [-0.2, 0) is 5.75 Å². The van der Waals surface area contributed by atoms with E-state index in [-0.39, 0.29) is 0 Å². The van der Waals surface area contributed by atoms with Crippen LogP contribution in [0.2, 0.25) is 0 Å². The zero-order valence-corrected chi connectivity index (χ0v) is 8.54. The molecule has 0 aliphatic heterocycles. The van der Waals surface area contributed by atoms with Gasteiger partial charge in [0, 0.05) is 10.5 Å². The number of fused-ring (bicyclic) bond motifs is 1. The molecule has 0 saturated carbocycles. The van der Waals surface area contributed by atoms with Gasteiger partial charge in [0.1, 0.15) is 0 Å². The van der Waals surface area contributed by atoms with Gasteiger partial charge >= 0.3 is 0 Å². The molecule has 0 radical (unpaired) electrons. The van der Waals surface area contributed by atoms with Crippen LogP contribution in [0, 0.1) is 0 Å². The maximum Gasteiger partial charge on any atom is 0.0383 e. The third-order valence-electron chi connectivity index (χ3n) is 1.86. The molecule has 0 fully saturated rings. The van der Waals surface area contributed by atoms with Crippen molar-refractivity contribution in [2.24, 2.45) is 0 Å². The molecule has 0 aliphatic rings. The Labute approximate surface area is 80.6 Å². The first-order valence-corrected chi connectivity index (χ1v) is 6.13. The lowest BCUT2D eigenvalue weighted by atomic mass is 10.2. The second-order valence-electron chi connectivity index (χ2n) is 2.69. The van der Waals surface area contributed by atoms with Crippen molar-refractivity contribution in [3.8, 4) is 0 Å². The molecule has 0 unspecified atom stereocenters. The van der Waals surface area contributed by atoms with Crippen molar-refractivity contribution in [3.05, 3.63) is 35.2 Å². The van der Waals surface area contributed by atoms with E-state index in [4.69, 9.17) is 0 Å². The third kappa shape index (κ3) is 1.37. The maximum absolute atomic E-state index is 2.22. The van der Waals surface area contributed by atoms with Crippen LogP contribution in [0.1, 0.15) is 5.56 Å². The molecule has 1 aromatic heterocycles. The lowest BCUT2D eigenvalue weighted by Gasteiger charge is -1.98. The average Bonchev–Trinajstić information content (AvgIpc) is 2.53. The highest BCUT2D eigenvalue weighted by molar-refractivity contribution is 7.97. The Morgan fingerprint density at radius 3 is 3.08 bits per heavy atom. The van der Waals surface area contributed by atoms with Crippen molar-refractivity contribution < 1.29 is 0 Å². The smallest absolute Gasteiger partial charge is 0.0383 e. The highest BCUT2D eigenvalue weighted by atomic mass is 32.2. The molecule has 1 aromatic carbocycles. The standard InChI is InChI=1S/C10H10S2/c1-11-7-9-4-2-3-8-5-6-12-10(8)9/h2-6H,7H2,1H3. The van der Waals surface area contributed by atoms with E-state index in [1.54, 1.807) is 0 Å². The Balaban J connectivity index is 2.57. The van der Waals surface area contributed by atoms with Gasteiger partial charge in [-0.2, -0.15) is 11.8 Å². The summed E-state index contributed by atoms with van der Waals surface area (Å²) in [5.74, 6) is 1.12. The van der Waals surface area contributed by atoms with E-state index < -0.39 is 0 Å². The SMILES string of the molecule is CSCc1cccc2ccsc12. The van der Waals surface area contributed by atoms with Gasteiger partial charge in [-0.15, -0.1) is 11.3 Å². The highest BCUT2D eigenvalue weighted by Crippen LogP contribution is 2.26. The third-order valence-corrected chi connectivity index (χ3v) is 3.47. The molecule has 12 heavy (non-hydrogen) atoms. The van der Waals surface area contributed by atoms with Crippen LogP contribution in [0.3, 0.4) is 0 Å². The van der Waals surface area contributed by atoms with Crippen molar-refractivity contribution in [3.63, 3.8) is 0 Å². The van der Waals surface area contributed by atoms with Crippen LogP contribution < -0.4 is 0 Å². The van der Waals surface area contributed by atoms with E-state index in [2.05, 4.69) is 35.9 Å². The second kappa shape index (κ2) is 3.50. The van der Waals surface area contributed by atoms with Crippen LogP contribution in [0.15, 0.2) is 29.6 Å². The minimum absolute atomic E-state index is 1.12. The summed E-state index contributed by atoms with van der Waals surface area (Å²) in [4.78, 5) is 0. The molecule has 0 spiro atoms. The summed E-state index contributed by atoms with van der Waals surface area (Å²) in [6.45, 7) is 0. The van der Waals surface area contributed by atoms with Gasteiger partial charge in [0.05, 0.1) is 0 Å². The molecular formula is C10H10S2. The number of hydrogen-bond donors (Lipinski definition) is 0. The number of benzene rings is 1. The summed E-state index contributed by atoms with van der Waals surface area (Å²) in [5, 5.41) is 3.54. The number of thioether (sulfide) groups is 1. The molecule has 62 valence electrons. The lowest BCUT2D eigenvalue weighted by Crippen LogP contribution is -1.77. The minimum Gasteiger partial charge on any atom is -0.161 e. The molecule has 2 rings (SSSR count). The predicted octanol–water partition coefficient (Wildman–Crippen LogP) is 3.76. The Morgan fingerprint density at radius 1 is 1.33 bits per heavy atom. The van der Waals surface area contributed by atoms with Gasteiger partial charge in [-0.1, -0.05) is 18.2 Å². The molecule has 2 heteroatoms. The summed E-state index contributed by atoms with van der Waals surface area (Å²) < 4.78 is 1.45. The van der Waals surface area contributed by atoms with Gasteiger partial charge in [0.25, 0.3) is 0 Å². The van der Waals surface area contributed by atoms with Gasteiger partial charge in [-0.25, -0.2) is 0 Å². The quantitative estimate of drug-likeness (QED) is 0.701. The Morgan fingerprint density at radius 2 is 2.25 bits per heavy atom. The molecule has 0 N–H and O–H groups in total. The molecule has 0 saturated heterocycles. The summed E-state index contributed by atoms with van der Waals surface area (Å²) in [6, 6.07) is 8.72. The molecule has 0 nitrogen and oxygen atoms in total. The van der Waals surface area contributed by atoms with Crippen molar-refractivity contribution in [2.75, 3.05) is 6.26 Å². The zero-order chi connectivity index (χ0) is 8.39. The predicted molar refractivity (Wildman–Crippen MR) is 59.0 cm³/mol. The fourth-order valence-corrected chi connectivity index (χ4v) is 2.88. The number of hydrogen-bond acceptors (Lipinski definition) is 2. The van der Waals surface area contributed by atoms with Crippen LogP contribution in [0.25, 0.3) is 10.1 Å². The summed E-state index contributed by atoms with van der Waals surface area (Å²) >= 11 is 3.72. The monoisotopic (exact) mass is 194 g/mol. The van der Waals surface area contributed by atoms with Gasteiger partial charge in [-0.3, -0.25) is 0 Å². The Hall–Kier alpha value is -0.470. The molecule has 0 aliphatic carbocycles. The van der Waals surface area contributed by atoms with E-state index in [1.807, 2.05) is 23.1 Å². The van der Waals surface area contributed by atoms with E-state index in [9.17, 15) is 0 Å². The lowest BCUT2D eigenvalue weighted by molar-refractivity contribution is 1.49. The molecule has 1 heterocycles. The Kier molecular flexibility index (Phi) is 2.38. The first kappa shape index (κ1) is 8.14. The molecular weight excluding hydrogens is 184 g/mol. The van der Waals surface area contributed by atoms with Crippen LogP contribution in [0.5, 0.6) is 0 Å². The van der Waals surface area contributed by atoms with E-state index in [0.717, 1.165) is 5.75 Å². The first-order chi connectivity index (χ1) is 5.92. The van der Waals surface area contributed by atoms with Crippen molar-refractivity contribution in [1.29, 1.82) is 0 Å². The Bertz CT molecular complexity index is 376. The molecule has 2 aromatic rings.